The lowest BCUT2D eigenvalue weighted by atomic mass is 9.72. The lowest BCUT2D eigenvalue weighted by Gasteiger charge is -2.32. The molecule has 0 fully saturated rings. The molecule has 0 radical (unpaired) electrons. The molecule has 2 aliphatic rings. The summed E-state index contributed by atoms with van der Waals surface area (Å²) in [5.74, 6) is -1.32. The minimum absolute atomic E-state index is 0.0544. The first-order chi connectivity index (χ1) is 15.5. The van der Waals surface area contributed by atoms with Crippen LogP contribution in [0.1, 0.15) is 22.6 Å². The Morgan fingerprint density at radius 2 is 1.81 bits per heavy atom. The number of carbonyl (C=O) groups excluding carboxylic acids is 1. The van der Waals surface area contributed by atoms with E-state index < -0.39 is 23.4 Å². The first-order valence-electron chi connectivity index (χ1n) is 9.84. The molecule has 3 heterocycles. The highest BCUT2D eigenvalue weighted by Crippen LogP contribution is 2.54. The van der Waals surface area contributed by atoms with Crippen LogP contribution in [-0.4, -0.2) is 11.0 Å². The lowest BCUT2D eigenvalue weighted by molar-refractivity contribution is -0.121. The number of aliphatic hydroxyl groups is 1. The number of rotatable bonds is 3. The Morgan fingerprint density at radius 1 is 1.09 bits per heavy atom. The van der Waals surface area contributed by atoms with Gasteiger partial charge in [-0.25, -0.2) is 0 Å². The Bertz CT molecular complexity index is 1390. The van der Waals surface area contributed by atoms with Gasteiger partial charge in [0.25, 0.3) is 5.91 Å². The third kappa shape index (κ3) is 2.52. The van der Waals surface area contributed by atoms with Gasteiger partial charge in [-0.15, -0.1) is 0 Å². The van der Waals surface area contributed by atoms with E-state index in [-0.39, 0.29) is 35.3 Å². The zero-order chi connectivity index (χ0) is 22.5. The standard InChI is InChI=1S/C24H17N3O5/c25-11-17-22(26)32-20-19(29)10-15(13-28)31-21(20)24(17)16-8-4-5-9-18(16)27(23(24)30)12-14-6-2-1-3-7-14/h1-10,28H,12-13,26H2/t24-/m1/s1. The Kier molecular flexibility index (Phi) is 4.36. The zero-order valence-electron chi connectivity index (χ0n) is 16.7. The minimum atomic E-state index is -1.80. The van der Waals surface area contributed by atoms with Crippen LogP contribution in [0.5, 0.6) is 5.75 Å². The number of benzene rings is 2. The van der Waals surface area contributed by atoms with E-state index in [9.17, 15) is 20.0 Å². The molecule has 3 N–H and O–H groups in total. The molecule has 0 unspecified atom stereocenters. The van der Waals surface area contributed by atoms with Gasteiger partial charge in [-0.05, 0) is 11.6 Å². The second-order valence-corrected chi connectivity index (χ2v) is 7.49. The quantitative estimate of drug-likeness (QED) is 0.654. The Labute approximate surface area is 182 Å². The number of nitrogens with two attached hydrogens (primary N) is 1. The number of anilines is 1. The fourth-order valence-electron chi connectivity index (χ4n) is 4.39. The fraction of sp³-hybridized carbons (Fsp3) is 0.125. The summed E-state index contributed by atoms with van der Waals surface area (Å²) >= 11 is 0. The largest absolute Gasteiger partial charge is 0.457 e. The zero-order valence-corrected chi connectivity index (χ0v) is 16.7. The predicted molar refractivity (Wildman–Crippen MR) is 113 cm³/mol. The Morgan fingerprint density at radius 3 is 2.53 bits per heavy atom. The van der Waals surface area contributed by atoms with Crippen LogP contribution in [0.25, 0.3) is 0 Å². The molecule has 0 saturated heterocycles. The summed E-state index contributed by atoms with van der Waals surface area (Å²) < 4.78 is 11.3. The van der Waals surface area contributed by atoms with Crippen LogP contribution in [0, 0.1) is 11.3 Å². The molecule has 0 aliphatic carbocycles. The van der Waals surface area contributed by atoms with E-state index in [1.165, 1.54) is 4.90 Å². The van der Waals surface area contributed by atoms with Crippen molar-refractivity contribution in [3.8, 4) is 11.8 Å². The van der Waals surface area contributed by atoms with Crippen molar-refractivity contribution in [1.82, 2.24) is 0 Å². The lowest BCUT2D eigenvalue weighted by Crippen LogP contribution is -2.46. The summed E-state index contributed by atoms with van der Waals surface area (Å²) in [4.78, 5) is 28.4. The van der Waals surface area contributed by atoms with Crippen LogP contribution in [0.2, 0.25) is 0 Å². The van der Waals surface area contributed by atoms with Crippen molar-refractivity contribution in [1.29, 1.82) is 5.26 Å². The number of fused-ring (bicyclic) bond motifs is 4. The molecule has 1 amide bonds. The second kappa shape index (κ2) is 7.11. The molecule has 1 aromatic heterocycles. The third-order valence-corrected chi connectivity index (χ3v) is 5.75. The van der Waals surface area contributed by atoms with Gasteiger partial charge in [0.15, 0.2) is 11.2 Å². The maximum atomic E-state index is 14.1. The molecule has 2 aliphatic heterocycles. The first-order valence-corrected chi connectivity index (χ1v) is 9.84. The summed E-state index contributed by atoms with van der Waals surface area (Å²) in [5, 5.41) is 19.6. The molecule has 8 heteroatoms. The Balaban J connectivity index is 1.84. The molecule has 8 nitrogen and oxygen atoms in total. The van der Waals surface area contributed by atoms with Gasteiger partial charge in [0.2, 0.25) is 17.1 Å². The summed E-state index contributed by atoms with van der Waals surface area (Å²) in [7, 11) is 0. The highest BCUT2D eigenvalue weighted by atomic mass is 16.5. The van der Waals surface area contributed by atoms with Crippen molar-refractivity contribution < 1.29 is 19.1 Å². The van der Waals surface area contributed by atoms with Crippen molar-refractivity contribution >= 4 is 11.6 Å². The number of amides is 1. The number of para-hydroxylation sites is 1. The molecule has 5 rings (SSSR count). The van der Waals surface area contributed by atoms with Gasteiger partial charge >= 0.3 is 0 Å². The van der Waals surface area contributed by atoms with E-state index >= 15 is 0 Å². The maximum Gasteiger partial charge on any atom is 0.251 e. The normalized spacial score (nSPS) is 18.9. The van der Waals surface area contributed by atoms with Crippen LogP contribution in [0.4, 0.5) is 5.69 Å². The van der Waals surface area contributed by atoms with Gasteiger partial charge < -0.3 is 24.9 Å². The maximum absolute atomic E-state index is 14.1. The highest BCUT2D eigenvalue weighted by Gasteiger charge is 2.61. The highest BCUT2D eigenvalue weighted by molar-refractivity contribution is 6.13. The topological polar surface area (TPSA) is 130 Å². The van der Waals surface area contributed by atoms with E-state index in [0.717, 1.165) is 11.6 Å². The van der Waals surface area contributed by atoms with Crippen LogP contribution in [0.15, 0.2) is 81.3 Å². The number of ether oxygens (including phenoxy) is 1. The summed E-state index contributed by atoms with van der Waals surface area (Å²) in [6.45, 7) is -0.333. The predicted octanol–water partition coefficient (Wildman–Crippen LogP) is 2.05. The molecule has 2 aromatic carbocycles. The number of nitriles is 1. The van der Waals surface area contributed by atoms with E-state index in [1.54, 1.807) is 24.3 Å². The van der Waals surface area contributed by atoms with Gasteiger partial charge in [0.05, 0.1) is 6.54 Å². The average Bonchev–Trinajstić information content (AvgIpc) is 3.04. The average molecular weight is 427 g/mol. The van der Waals surface area contributed by atoms with E-state index in [1.807, 2.05) is 36.4 Å². The van der Waals surface area contributed by atoms with Crippen molar-refractivity contribution in [3.05, 3.63) is 105 Å². The van der Waals surface area contributed by atoms with Crippen molar-refractivity contribution in [3.63, 3.8) is 0 Å². The smallest absolute Gasteiger partial charge is 0.251 e. The van der Waals surface area contributed by atoms with Crippen LogP contribution in [0.3, 0.4) is 0 Å². The molecule has 3 aromatic rings. The SMILES string of the molecule is N#CC1=C(N)Oc2c(oc(CO)cc2=O)[C@]12C(=O)N(Cc1ccccc1)c1ccccc12. The van der Waals surface area contributed by atoms with E-state index in [0.29, 0.717) is 11.3 Å². The fourth-order valence-corrected chi connectivity index (χ4v) is 4.39. The number of carbonyl (C=O) groups is 1. The summed E-state index contributed by atoms with van der Waals surface area (Å²) in [6, 6.07) is 19.4. The van der Waals surface area contributed by atoms with Crippen LogP contribution < -0.4 is 20.8 Å². The first kappa shape index (κ1) is 19.6. The number of nitrogens with zero attached hydrogens (tertiary/aromatic N) is 2. The number of aliphatic hydroxyl groups excluding tert-OH is 1. The van der Waals surface area contributed by atoms with Gasteiger partial charge in [-0.3, -0.25) is 9.59 Å². The third-order valence-electron chi connectivity index (χ3n) is 5.75. The van der Waals surface area contributed by atoms with Gasteiger partial charge in [-0.2, -0.15) is 5.26 Å². The van der Waals surface area contributed by atoms with E-state index in [4.69, 9.17) is 14.9 Å². The molecule has 1 spiro atoms. The second-order valence-electron chi connectivity index (χ2n) is 7.49. The molecule has 158 valence electrons. The minimum Gasteiger partial charge on any atom is -0.457 e. The molecule has 0 bridgehead atoms. The Hall–Kier alpha value is -4.35. The monoisotopic (exact) mass is 427 g/mol. The van der Waals surface area contributed by atoms with Crippen LogP contribution in [-0.2, 0) is 23.4 Å². The molecule has 0 saturated carbocycles. The van der Waals surface area contributed by atoms with Crippen molar-refractivity contribution in [2.24, 2.45) is 5.73 Å². The molecule has 1 atom stereocenters. The summed E-state index contributed by atoms with van der Waals surface area (Å²) in [5.41, 5.74) is 5.35. The van der Waals surface area contributed by atoms with Gasteiger partial charge in [-0.1, -0.05) is 48.5 Å². The molecule has 32 heavy (non-hydrogen) atoms. The van der Waals surface area contributed by atoms with Gasteiger partial charge in [0, 0.05) is 17.3 Å². The van der Waals surface area contributed by atoms with Gasteiger partial charge in [0.1, 0.15) is 24.0 Å². The molecular weight excluding hydrogens is 410 g/mol. The van der Waals surface area contributed by atoms with Crippen molar-refractivity contribution in [2.45, 2.75) is 18.6 Å². The number of hydrogen-bond acceptors (Lipinski definition) is 7. The molecular formula is C24H17N3O5. The summed E-state index contributed by atoms with van der Waals surface area (Å²) in [6.07, 6.45) is 0. The van der Waals surface area contributed by atoms with Crippen LogP contribution >= 0.6 is 0 Å². The van der Waals surface area contributed by atoms with Crippen molar-refractivity contribution in [2.75, 3.05) is 4.90 Å². The van der Waals surface area contributed by atoms with E-state index in [2.05, 4.69) is 0 Å². The number of hydrogen-bond donors (Lipinski definition) is 2.